The molecule has 0 unspecified atom stereocenters. The van der Waals surface area contributed by atoms with Crippen LogP contribution in [0, 0.1) is 5.82 Å². The van der Waals surface area contributed by atoms with Crippen LogP contribution in [0.4, 0.5) is 9.18 Å². The lowest BCUT2D eigenvalue weighted by Gasteiger charge is -2.08. The molecule has 3 nitrogen and oxygen atoms in total. The van der Waals surface area contributed by atoms with Crippen molar-refractivity contribution in [3.8, 4) is 5.75 Å². The number of amides is 1. The highest BCUT2D eigenvalue weighted by molar-refractivity contribution is 9.10. The molecule has 0 atom stereocenters. The smallest absolute Gasteiger partial charge is 0.410 e. The third-order valence-electron chi connectivity index (χ3n) is 2.38. The van der Waals surface area contributed by atoms with E-state index < -0.39 is 6.09 Å². The largest absolute Gasteiger partial charge is 0.412 e. The molecule has 0 bridgehead atoms. The zero-order valence-electron chi connectivity index (χ0n) is 9.90. The zero-order chi connectivity index (χ0) is 13.7. The van der Waals surface area contributed by atoms with E-state index in [9.17, 15) is 9.18 Å². The molecule has 5 heteroatoms. The molecule has 1 N–H and O–H groups in total. The standard InChI is InChI=1S/C14H11BrFNO2/c15-13-7-6-11(16)8-10(13)9-17-14(18)19-12-4-2-1-3-5-12/h1-8H,9H2,(H,17,18). The Bertz CT molecular complexity index is 575. The third-order valence-corrected chi connectivity index (χ3v) is 3.16. The fourth-order valence-corrected chi connectivity index (χ4v) is 1.86. The molecule has 0 heterocycles. The van der Waals surface area contributed by atoms with E-state index in [1.165, 1.54) is 12.1 Å². The van der Waals surface area contributed by atoms with Crippen LogP contribution in [0.3, 0.4) is 0 Å². The lowest BCUT2D eigenvalue weighted by atomic mass is 10.2. The van der Waals surface area contributed by atoms with Crippen molar-refractivity contribution in [2.45, 2.75) is 6.54 Å². The van der Waals surface area contributed by atoms with Crippen LogP contribution in [0.5, 0.6) is 5.75 Å². The molecule has 0 saturated heterocycles. The molecule has 2 aromatic carbocycles. The van der Waals surface area contributed by atoms with Crippen molar-refractivity contribution in [3.63, 3.8) is 0 Å². The van der Waals surface area contributed by atoms with Gasteiger partial charge in [0.2, 0.25) is 0 Å². The van der Waals surface area contributed by atoms with E-state index in [0.717, 1.165) is 4.47 Å². The van der Waals surface area contributed by atoms with E-state index in [2.05, 4.69) is 21.2 Å². The van der Waals surface area contributed by atoms with E-state index in [1.54, 1.807) is 30.3 Å². The van der Waals surface area contributed by atoms with E-state index in [1.807, 2.05) is 6.07 Å². The number of hydrogen-bond acceptors (Lipinski definition) is 2. The second-order valence-corrected chi connectivity index (χ2v) is 4.65. The first kappa shape index (κ1) is 13.5. The van der Waals surface area contributed by atoms with Gasteiger partial charge >= 0.3 is 6.09 Å². The first-order chi connectivity index (χ1) is 9.15. The molecular formula is C14H11BrFNO2. The van der Waals surface area contributed by atoms with Crippen LogP contribution in [-0.2, 0) is 6.54 Å². The summed E-state index contributed by atoms with van der Waals surface area (Å²) in [5, 5.41) is 2.56. The van der Waals surface area contributed by atoms with Gasteiger partial charge in [-0.3, -0.25) is 0 Å². The van der Waals surface area contributed by atoms with Crippen LogP contribution in [0.1, 0.15) is 5.56 Å². The minimum atomic E-state index is -0.581. The van der Waals surface area contributed by atoms with Gasteiger partial charge < -0.3 is 10.1 Å². The number of para-hydroxylation sites is 1. The Labute approximate surface area is 118 Å². The summed E-state index contributed by atoms with van der Waals surface area (Å²) in [6, 6.07) is 13.0. The molecule has 98 valence electrons. The monoisotopic (exact) mass is 323 g/mol. The minimum absolute atomic E-state index is 0.185. The van der Waals surface area contributed by atoms with E-state index >= 15 is 0 Å². The van der Waals surface area contributed by atoms with Crippen molar-refractivity contribution >= 4 is 22.0 Å². The Morgan fingerprint density at radius 3 is 2.68 bits per heavy atom. The molecule has 0 aliphatic heterocycles. The number of carbonyl (C=O) groups excluding carboxylic acids is 1. The quantitative estimate of drug-likeness (QED) is 0.930. The second-order valence-electron chi connectivity index (χ2n) is 3.79. The summed E-state index contributed by atoms with van der Waals surface area (Å²) in [4.78, 5) is 11.5. The number of benzene rings is 2. The molecule has 2 aromatic rings. The molecule has 2 rings (SSSR count). The van der Waals surface area contributed by atoms with Gasteiger partial charge in [0.15, 0.2) is 0 Å². The van der Waals surface area contributed by atoms with Gasteiger partial charge in [-0.15, -0.1) is 0 Å². The average Bonchev–Trinajstić information content (AvgIpc) is 2.41. The minimum Gasteiger partial charge on any atom is -0.410 e. The molecule has 0 fully saturated rings. The van der Waals surface area contributed by atoms with Gasteiger partial charge in [-0.1, -0.05) is 34.1 Å². The Morgan fingerprint density at radius 1 is 1.21 bits per heavy atom. The molecule has 0 aromatic heterocycles. The Hall–Kier alpha value is -1.88. The molecule has 0 saturated carbocycles. The lowest BCUT2D eigenvalue weighted by Crippen LogP contribution is -2.26. The zero-order valence-corrected chi connectivity index (χ0v) is 11.5. The van der Waals surface area contributed by atoms with Crippen molar-refractivity contribution in [1.29, 1.82) is 0 Å². The summed E-state index contributed by atoms with van der Waals surface area (Å²) in [6.45, 7) is 0.185. The van der Waals surface area contributed by atoms with Gasteiger partial charge in [-0.25, -0.2) is 9.18 Å². The van der Waals surface area contributed by atoms with Crippen LogP contribution < -0.4 is 10.1 Å². The van der Waals surface area contributed by atoms with E-state index in [-0.39, 0.29) is 12.4 Å². The highest BCUT2D eigenvalue weighted by Gasteiger charge is 2.06. The summed E-state index contributed by atoms with van der Waals surface area (Å²) < 4.78 is 18.8. The van der Waals surface area contributed by atoms with Crippen molar-refractivity contribution in [2.24, 2.45) is 0 Å². The van der Waals surface area contributed by atoms with Crippen LogP contribution in [0.2, 0.25) is 0 Å². The van der Waals surface area contributed by atoms with Gasteiger partial charge in [0.05, 0.1) is 0 Å². The maximum atomic E-state index is 13.1. The summed E-state index contributed by atoms with van der Waals surface area (Å²) in [6.07, 6.45) is -0.581. The predicted octanol–water partition coefficient (Wildman–Crippen LogP) is 3.88. The van der Waals surface area contributed by atoms with Gasteiger partial charge in [-0.2, -0.15) is 0 Å². The second kappa shape index (κ2) is 6.33. The summed E-state index contributed by atoms with van der Waals surface area (Å²) in [5.74, 6) is 0.106. The van der Waals surface area contributed by atoms with Gasteiger partial charge in [0.25, 0.3) is 0 Å². The Kier molecular flexibility index (Phi) is 4.52. The maximum absolute atomic E-state index is 13.1. The van der Waals surface area contributed by atoms with Crippen LogP contribution >= 0.6 is 15.9 Å². The summed E-state index contributed by atoms with van der Waals surface area (Å²) in [5.41, 5.74) is 0.644. The summed E-state index contributed by atoms with van der Waals surface area (Å²) >= 11 is 3.29. The SMILES string of the molecule is O=C(NCc1cc(F)ccc1Br)Oc1ccccc1. The average molecular weight is 324 g/mol. The van der Waals surface area contributed by atoms with Gasteiger partial charge in [-0.05, 0) is 35.9 Å². The van der Waals surface area contributed by atoms with Crippen molar-refractivity contribution in [3.05, 3.63) is 64.4 Å². The molecule has 1 amide bonds. The van der Waals surface area contributed by atoms with Crippen LogP contribution in [0.25, 0.3) is 0 Å². The molecule has 0 spiro atoms. The molecule has 0 aliphatic carbocycles. The number of hydrogen-bond donors (Lipinski definition) is 1. The highest BCUT2D eigenvalue weighted by atomic mass is 79.9. The lowest BCUT2D eigenvalue weighted by molar-refractivity contribution is 0.200. The van der Waals surface area contributed by atoms with Crippen LogP contribution in [0.15, 0.2) is 53.0 Å². The van der Waals surface area contributed by atoms with Gasteiger partial charge in [0.1, 0.15) is 11.6 Å². The third kappa shape index (κ3) is 4.06. The fraction of sp³-hybridized carbons (Fsp3) is 0.0714. The Balaban J connectivity index is 1.92. The van der Waals surface area contributed by atoms with E-state index in [4.69, 9.17) is 4.74 Å². The van der Waals surface area contributed by atoms with Crippen LogP contribution in [-0.4, -0.2) is 6.09 Å². The first-order valence-corrected chi connectivity index (χ1v) is 6.39. The van der Waals surface area contributed by atoms with Gasteiger partial charge in [0, 0.05) is 11.0 Å². The number of ether oxygens (including phenoxy) is 1. The number of halogens is 2. The maximum Gasteiger partial charge on any atom is 0.412 e. The number of nitrogens with one attached hydrogen (secondary N) is 1. The molecule has 19 heavy (non-hydrogen) atoms. The highest BCUT2D eigenvalue weighted by Crippen LogP contribution is 2.17. The topological polar surface area (TPSA) is 38.3 Å². The molecule has 0 aliphatic rings. The summed E-state index contributed by atoms with van der Waals surface area (Å²) in [7, 11) is 0. The Morgan fingerprint density at radius 2 is 1.95 bits per heavy atom. The normalized spacial score (nSPS) is 10.0. The number of carbonyl (C=O) groups is 1. The van der Waals surface area contributed by atoms with Crippen molar-refractivity contribution in [1.82, 2.24) is 5.32 Å². The molecule has 0 radical (unpaired) electrons. The molecular weight excluding hydrogens is 313 g/mol. The van der Waals surface area contributed by atoms with Crippen molar-refractivity contribution < 1.29 is 13.9 Å². The van der Waals surface area contributed by atoms with Crippen molar-refractivity contribution in [2.75, 3.05) is 0 Å². The number of rotatable bonds is 3. The fourth-order valence-electron chi connectivity index (χ4n) is 1.48. The van der Waals surface area contributed by atoms with E-state index in [0.29, 0.717) is 11.3 Å². The first-order valence-electron chi connectivity index (χ1n) is 5.60. The predicted molar refractivity (Wildman–Crippen MR) is 73.4 cm³/mol.